The van der Waals surface area contributed by atoms with Crippen molar-refractivity contribution in [2.45, 2.75) is 30.9 Å². The monoisotopic (exact) mass is 393 g/mol. The summed E-state index contributed by atoms with van der Waals surface area (Å²) >= 11 is 0. The van der Waals surface area contributed by atoms with Gasteiger partial charge in [0.15, 0.2) is 0 Å². The maximum Gasteiger partial charge on any atom is 0.325 e. The maximum absolute atomic E-state index is 13.5. The smallest absolute Gasteiger partial charge is 0.325 e. The Morgan fingerprint density at radius 2 is 1.72 bits per heavy atom. The molecule has 1 fully saturated rings. The van der Waals surface area contributed by atoms with Crippen LogP contribution in [0.5, 0.6) is 0 Å². The number of benzene rings is 3. The quantitative estimate of drug-likeness (QED) is 0.683. The molecule has 0 amide bonds. The summed E-state index contributed by atoms with van der Waals surface area (Å²) in [5, 5.41) is 22.9. The van der Waals surface area contributed by atoms with Gasteiger partial charge in [-0.05, 0) is 46.9 Å². The molecule has 4 nitrogen and oxygen atoms in total. The number of likely N-dealkylation sites (tertiary alicyclic amines) is 1. The fourth-order valence-corrected chi connectivity index (χ4v) is 4.38. The number of hydrogen-bond acceptors (Lipinski definition) is 3. The van der Waals surface area contributed by atoms with Crippen molar-refractivity contribution >= 4 is 16.7 Å². The average molecular weight is 393 g/mol. The van der Waals surface area contributed by atoms with Gasteiger partial charge in [-0.1, -0.05) is 54.6 Å². The van der Waals surface area contributed by atoms with Crippen LogP contribution in [-0.2, 0) is 11.2 Å². The third kappa shape index (κ3) is 4.16. The number of hydrogen-bond donors (Lipinski definition) is 2. The molecule has 0 saturated carbocycles. The van der Waals surface area contributed by atoms with Gasteiger partial charge in [-0.3, -0.25) is 9.69 Å². The number of rotatable bonds is 5. The highest BCUT2D eigenvalue weighted by molar-refractivity contribution is 5.90. The van der Waals surface area contributed by atoms with Gasteiger partial charge >= 0.3 is 5.97 Å². The minimum absolute atomic E-state index is 0.314. The van der Waals surface area contributed by atoms with E-state index in [0.29, 0.717) is 32.4 Å². The minimum Gasteiger partial charge on any atom is -0.480 e. The van der Waals surface area contributed by atoms with Gasteiger partial charge in [-0.25, -0.2) is 4.39 Å². The molecule has 0 radical (unpaired) electrons. The third-order valence-corrected chi connectivity index (χ3v) is 5.87. The predicted octanol–water partition coefficient (Wildman–Crippen LogP) is 4.17. The lowest BCUT2D eigenvalue weighted by Gasteiger charge is -2.41. The van der Waals surface area contributed by atoms with Gasteiger partial charge < -0.3 is 10.2 Å². The molecule has 2 N–H and O–H groups in total. The molecule has 0 spiro atoms. The molecule has 1 aliphatic heterocycles. The van der Waals surface area contributed by atoms with Crippen LogP contribution in [0.4, 0.5) is 4.39 Å². The second kappa shape index (κ2) is 7.93. The fourth-order valence-electron chi connectivity index (χ4n) is 4.38. The molecule has 1 aliphatic rings. The second-order valence-corrected chi connectivity index (χ2v) is 7.88. The molecule has 3 aromatic rings. The molecular formula is C24H24FNO3. The minimum atomic E-state index is -0.952. The molecule has 1 atom stereocenters. The van der Waals surface area contributed by atoms with Crippen molar-refractivity contribution in [3.8, 4) is 0 Å². The number of carbonyl (C=O) groups is 1. The molecule has 29 heavy (non-hydrogen) atoms. The SMILES string of the molecule is O=C(O)C(c1cccc2ccccc12)N1CCC(O)(Cc2cccc(F)c2)CC1. The van der Waals surface area contributed by atoms with Crippen molar-refractivity contribution in [3.63, 3.8) is 0 Å². The summed E-state index contributed by atoms with van der Waals surface area (Å²) in [6.45, 7) is 0.929. The first-order valence-electron chi connectivity index (χ1n) is 9.87. The van der Waals surface area contributed by atoms with Gasteiger partial charge in [0.05, 0.1) is 5.60 Å². The van der Waals surface area contributed by atoms with E-state index in [1.165, 1.54) is 12.1 Å². The van der Waals surface area contributed by atoms with E-state index in [-0.39, 0.29) is 5.82 Å². The molecule has 0 aliphatic carbocycles. The Morgan fingerprint density at radius 1 is 1.03 bits per heavy atom. The largest absolute Gasteiger partial charge is 0.480 e. The highest BCUT2D eigenvalue weighted by Gasteiger charge is 2.37. The molecule has 150 valence electrons. The van der Waals surface area contributed by atoms with E-state index >= 15 is 0 Å². The van der Waals surface area contributed by atoms with E-state index in [1.807, 2.05) is 53.4 Å². The Kier molecular flexibility index (Phi) is 5.35. The standard InChI is InChI=1S/C24H24FNO3/c25-19-8-3-5-17(15-19)16-24(29)11-13-26(14-12-24)22(23(27)28)21-10-4-7-18-6-1-2-9-20(18)21/h1-10,15,22,29H,11-14,16H2,(H,27,28). The van der Waals surface area contributed by atoms with Crippen LogP contribution in [0.15, 0.2) is 66.7 Å². The number of fused-ring (bicyclic) bond motifs is 1. The summed E-state index contributed by atoms with van der Waals surface area (Å²) in [5.74, 6) is -1.21. The molecule has 1 unspecified atom stereocenters. The Bertz CT molecular complexity index is 1020. The first-order valence-corrected chi connectivity index (χ1v) is 9.87. The molecule has 5 heteroatoms. The number of carboxylic acids is 1. The Hall–Kier alpha value is -2.76. The van der Waals surface area contributed by atoms with E-state index in [4.69, 9.17) is 0 Å². The Morgan fingerprint density at radius 3 is 2.45 bits per heavy atom. The van der Waals surface area contributed by atoms with Crippen LogP contribution < -0.4 is 0 Å². The fraction of sp³-hybridized carbons (Fsp3) is 0.292. The molecule has 4 rings (SSSR count). The highest BCUT2D eigenvalue weighted by atomic mass is 19.1. The number of nitrogens with zero attached hydrogens (tertiary/aromatic N) is 1. The van der Waals surface area contributed by atoms with Gasteiger partial charge in [0.2, 0.25) is 0 Å². The lowest BCUT2D eigenvalue weighted by Crippen LogP contribution is -2.48. The number of aliphatic hydroxyl groups is 1. The summed E-state index contributed by atoms with van der Waals surface area (Å²) in [7, 11) is 0. The normalized spacial score (nSPS) is 17.9. The van der Waals surface area contributed by atoms with Crippen molar-refractivity contribution in [1.82, 2.24) is 4.90 Å². The summed E-state index contributed by atoms with van der Waals surface area (Å²) in [6, 6.07) is 19.0. The van der Waals surface area contributed by atoms with Crippen molar-refractivity contribution in [2.75, 3.05) is 13.1 Å². The van der Waals surface area contributed by atoms with E-state index in [1.54, 1.807) is 6.07 Å². The van der Waals surface area contributed by atoms with Crippen molar-refractivity contribution in [2.24, 2.45) is 0 Å². The van der Waals surface area contributed by atoms with Crippen LogP contribution in [0.2, 0.25) is 0 Å². The van der Waals surface area contributed by atoms with Crippen LogP contribution in [0, 0.1) is 5.82 Å². The highest BCUT2D eigenvalue weighted by Crippen LogP contribution is 2.34. The first kappa shape index (κ1) is 19.6. The van der Waals surface area contributed by atoms with Crippen LogP contribution in [0.25, 0.3) is 10.8 Å². The summed E-state index contributed by atoms with van der Waals surface area (Å²) < 4.78 is 13.5. The first-order chi connectivity index (χ1) is 14.0. The molecule has 0 bridgehead atoms. The van der Waals surface area contributed by atoms with E-state index in [9.17, 15) is 19.4 Å². The van der Waals surface area contributed by atoms with Gasteiger partial charge in [0, 0.05) is 19.5 Å². The number of halogens is 1. The zero-order valence-corrected chi connectivity index (χ0v) is 16.1. The van der Waals surface area contributed by atoms with Crippen molar-refractivity contribution < 1.29 is 19.4 Å². The van der Waals surface area contributed by atoms with Crippen molar-refractivity contribution in [3.05, 3.63) is 83.7 Å². The molecular weight excluding hydrogens is 369 g/mol. The average Bonchev–Trinajstić information content (AvgIpc) is 2.70. The van der Waals surface area contributed by atoms with Crippen LogP contribution >= 0.6 is 0 Å². The van der Waals surface area contributed by atoms with Gasteiger partial charge in [0.25, 0.3) is 0 Å². The maximum atomic E-state index is 13.5. The second-order valence-electron chi connectivity index (χ2n) is 7.88. The third-order valence-electron chi connectivity index (χ3n) is 5.87. The lowest BCUT2D eigenvalue weighted by atomic mass is 9.84. The zero-order chi connectivity index (χ0) is 20.4. The summed E-state index contributed by atoms with van der Waals surface area (Å²) in [6.07, 6.45) is 1.25. The molecule has 0 aromatic heterocycles. The molecule has 1 saturated heterocycles. The van der Waals surface area contributed by atoms with Gasteiger partial charge in [0.1, 0.15) is 11.9 Å². The van der Waals surface area contributed by atoms with Crippen LogP contribution in [-0.4, -0.2) is 39.8 Å². The number of carboxylic acid groups (broad SMARTS) is 1. The van der Waals surface area contributed by atoms with Gasteiger partial charge in [-0.15, -0.1) is 0 Å². The molecule has 3 aromatic carbocycles. The number of piperidine rings is 1. The summed E-state index contributed by atoms with van der Waals surface area (Å²) in [5.41, 5.74) is 0.572. The number of aliphatic carboxylic acids is 1. The Balaban J connectivity index is 1.54. The van der Waals surface area contributed by atoms with E-state index in [0.717, 1.165) is 21.9 Å². The van der Waals surface area contributed by atoms with E-state index < -0.39 is 17.6 Å². The van der Waals surface area contributed by atoms with Crippen molar-refractivity contribution in [1.29, 1.82) is 0 Å². The predicted molar refractivity (Wildman–Crippen MR) is 110 cm³/mol. The zero-order valence-electron chi connectivity index (χ0n) is 16.1. The van der Waals surface area contributed by atoms with Gasteiger partial charge in [-0.2, -0.15) is 0 Å². The van der Waals surface area contributed by atoms with E-state index in [2.05, 4.69) is 0 Å². The lowest BCUT2D eigenvalue weighted by molar-refractivity contribution is -0.145. The topological polar surface area (TPSA) is 60.8 Å². The Labute approximate surface area is 169 Å². The summed E-state index contributed by atoms with van der Waals surface area (Å²) in [4.78, 5) is 14.1. The molecule has 1 heterocycles. The van der Waals surface area contributed by atoms with Crippen LogP contribution in [0.1, 0.15) is 30.0 Å². The van der Waals surface area contributed by atoms with Crippen LogP contribution in [0.3, 0.4) is 0 Å².